The molecular formula is C23H14Cl3N3O4S. The number of thiocarbonyl (C=S) groups is 1. The summed E-state index contributed by atoms with van der Waals surface area (Å²) in [5.74, 6) is -1.45. The lowest BCUT2D eigenvalue weighted by molar-refractivity contribution is 0.0627. The van der Waals surface area contributed by atoms with Crippen LogP contribution in [-0.4, -0.2) is 45.9 Å². The summed E-state index contributed by atoms with van der Waals surface area (Å²) in [4.78, 5) is 44.4. The average Bonchev–Trinajstić information content (AvgIpc) is 3.06. The second-order valence-corrected chi connectivity index (χ2v) is 8.62. The normalized spacial score (nSPS) is 12.5. The van der Waals surface area contributed by atoms with Crippen LogP contribution in [0.4, 0.5) is 5.69 Å². The van der Waals surface area contributed by atoms with Crippen LogP contribution < -0.4 is 4.90 Å². The Morgan fingerprint density at radius 1 is 1.00 bits per heavy atom. The van der Waals surface area contributed by atoms with E-state index in [9.17, 15) is 14.4 Å². The van der Waals surface area contributed by atoms with Crippen molar-refractivity contribution in [2.75, 3.05) is 18.1 Å². The molecular weight excluding hydrogens is 521 g/mol. The number of hydrogen-bond donors (Lipinski definition) is 0. The maximum Gasteiger partial charge on any atom is 0.271 e. The van der Waals surface area contributed by atoms with E-state index >= 15 is 0 Å². The fourth-order valence-electron chi connectivity index (χ4n) is 3.37. The summed E-state index contributed by atoms with van der Waals surface area (Å²) >= 11 is 24.1. The van der Waals surface area contributed by atoms with Crippen molar-refractivity contribution < 1.29 is 19.1 Å². The van der Waals surface area contributed by atoms with E-state index in [1.165, 1.54) is 24.5 Å². The fraction of sp³-hybridized carbons (Fsp3) is 0.0870. The van der Waals surface area contributed by atoms with Crippen LogP contribution in [0, 0.1) is 0 Å². The maximum atomic E-state index is 13.3. The lowest BCUT2D eigenvalue weighted by Crippen LogP contribution is -2.40. The largest absolute Gasteiger partial charge is 0.468 e. The number of nitrogens with zero attached hydrogens (tertiary/aromatic N) is 3. The Morgan fingerprint density at radius 3 is 2.18 bits per heavy atom. The molecule has 1 aromatic heterocycles. The number of halogens is 3. The van der Waals surface area contributed by atoms with Gasteiger partial charge in [0.15, 0.2) is 0 Å². The van der Waals surface area contributed by atoms with Crippen LogP contribution in [0.25, 0.3) is 0 Å². The molecule has 172 valence electrons. The molecule has 34 heavy (non-hydrogen) atoms. The van der Waals surface area contributed by atoms with Gasteiger partial charge in [-0.05, 0) is 48.6 Å². The van der Waals surface area contributed by atoms with Gasteiger partial charge in [-0.1, -0.05) is 46.9 Å². The third-order valence-corrected chi connectivity index (χ3v) is 6.01. The number of carbonyl (C=O) groups is 3. The van der Waals surface area contributed by atoms with E-state index in [0.717, 1.165) is 9.80 Å². The molecule has 0 aliphatic carbocycles. The molecule has 3 amide bonds. The standard InChI is InChI=1S/C23H14Cl3N3O4S/c24-14-10-17(25)19(18(26)11-14)29(20(30)13-4-3-7-27-12-13)23(34)33-9-8-28-21(31)15-5-1-2-6-16(15)22(28)32/h1-7,10-12H,8-9H2. The first-order valence-electron chi connectivity index (χ1n) is 9.80. The van der Waals surface area contributed by atoms with Gasteiger partial charge in [0, 0.05) is 17.4 Å². The number of hydrogen-bond acceptors (Lipinski definition) is 6. The maximum absolute atomic E-state index is 13.3. The number of ether oxygens (including phenoxy) is 1. The molecule has 0 atom stereocenters. The number of pyridine rings is 1. The van der Waals surface area contributed by atoms with Gasteiger partial charge in [0.2, 0.25) is 0 Å². The van der Waals surface area contributed by atoms with Crippen LogP contribution in [0.5, 0.6) is 0 Å². The quantitative estimate of drug-likeness (QED) is 0.327. The van der Waals surface area contributed by atoms with E-state index in [4.69, 9.17) is 51.8 Å². The average molecular weight is 535 g/mol. The summed E-state index contributed by atoms with van der Waals surface area (Å²) < 4.78 is 5.62. The molecule has 1 aliphatic heterocycles. The van der Waals surface area contributed by atoms with E-state index in [2.05, 4.69) is 4.98 Å². The van der Waals surface area contributed by atoms with Gasteiger partial charge < -0.3 is 4.74 Å². The summed E-state index contributed by atoms with van der Waals surface area (Å²) in [6.07, 6.45) is 2.87. The number of anilines is 1. The van der Waals surface area contributed by atoms with Crippen molar-refractivity contribution in [1.82, 2.24) is 9.88 Å². The predicted molar refractivity (Wildman–Crippen MR) is 133 cm³/mol. The monoisotopic (exact) mass is 533 g/mol. The van der Waals surface area contributed by atoms with Crippen LogP contribution in [0.15, 0.2) is 60.9 Å². The van der Waals surface area contributed by atoms with E-state index in [1.807, 2.05) is 0 Å². The van der Waals surface area contributed by atoms with Crippen LogP contribution in [0.2, 0.25) is 15.1 Å². The van der Waals surface area contributed by atoms with Gasteiger partial charge >= 0.3 is 0 Å². The smallest absolute Gasteiger partial charge is 0.271 e. The van der Waals surface area contributed by atoms with Gasteiger partial charge in [-0.3, -0.25) is 24.3 Å². The fourth-order valence-corrected chi connectivity index (χ4v) is 4.62. The van der Waals surface area contributed by atoms with E-state index in [0.29, 0.717) is 11.1 Å². The van der Waals surface area contributed by atoms with Gasteiger partial charge in [-0.2, -0.15) is 0 Å². The molecule has 3 aromatic rings. The Morgan fingerprint density at radius 2 is 1.62 bits per heavy atom. The molecule has 0 fully saturated rings. The number of carbonyl (C=O) groups excluding carboxylic acids is 3. The highest BCUT2D eigenvalue weighted by Crippen LogP contribution is 2.37. The zero-order chi connectivity index (χ0) is 24.4. The topological polar surface area (TPSA) is 79.8 Å². The first-order chi connectivity index (χ1) is 16.3. The summed E-state index contributed by atoms with van der Waals surface area (Å²) in [6.45, 7) is -0.243. The Bertz CT molecular complexity index is 1260. The zero-order valence-electron chi connectivity index (χ0n) is 17.2. The van der Waals surface area contributed by atoms with Crippen molar-refractivity contribution in [3.05, 3.63) is 92.7 Å². The van der Waals surface area contributed by atoms with Gasteiger partial charge in [-0.15, -0.1) is 0 Å². The first-order valence-corrected chi connectivity index (χ1v) is 11.3. The molecule has 0 N–H and O–H groups in total. The van der Waals surface area contributed by atoms with Gasteiger partial charge in [0.25, 0.3) is 22.9 Å². The highest BCUT2D eigenvalue weighted by Gasteiger charge is 2.35. The minimum Gasteiger partial charge on any atom is -0.468 e. The first kappa shape index (κ1) is 24.1. The van der Waals surface area contributed by atoms with Crippen LogP contribution in [-0.2, 0) is 4.74 Å². The molecule has 2 aromatic carbocycles. The Labute approximate surface area is 214 Å². The highest BCUT2D eigenvalue weighted by atomic mass is 35.5. The van der Waals surface area contributed by atoms with E-state index < -0.39 is 17.7 Å². The second-order valence-electron chi connectivity index (χ2n) is 7.02. The van der Waals surface area contributed by atoms with Gasteiger partial charge in [-0.25, -0.2) is 4.90 Å². The summed E-state index contributed by atoms with van der Waals surface area (Å²) in [5.41, 5.74) is 0.926. The molecule has 4 rings (SSSR count). The Kier molecular flexibility index (Phi) is 7.13. The number of amides is 3. The van der Waals surface area contributed by atoms with Crippen molar-refractivity contribution in [2.24, 2.45) is 0 Å². The summed E-state index contributed by atoms with van der Waals surface area (Å²) in [7, 11) is 0. The number of imide groups is 1. The molecule has 0 bridgehead atoms. The molecule has 2 heterocycles. The third kappa shape index (κ3) is 4.63. The van der Waals surface area contributed by atoms with Gasteiger partial charge in [0.05, 0.1) is 39.0 Å². The summed E-state index contributed by atoms with van der Waals surface area (Å²) in [5, 5.41) is 0.128. The Balaban J connectivity index is 1.56. The van der Waals surface area contributed by atoms with E-state index in [1.54, 1.807) is 36.4 Å². The van der Waals surface area contributed by atoms with Crippen molar-refractivity contribution in [3.8, 4) is 0 Å². The second kappa shape index (κ2) is 10.1. The predicted octanol–water partition coefficient (Wildman–Crippen LogP) is 5.29. The van der Waals surface area contributed by atoms with Crippen molar-refractivity contribution in [1.29, 1.82) is 0 Å². The number of fused-ring (bicyclic) bond motifs is 1. The van der Waals surface area contributed by atoms with Crippen LogP contribution in [0.3, 0.4) is 0 Å². The molecule has 1 aliphatic rings. The molecule has 7 nitrogen and oxygen atoms in total. The SMILES string of the molecule is O=C1c2ccccc2C(=O)N1CCOC(=S)N(C(=O)c1cccnc1)c1c(Cl)cc(Cl)cc1Cl. The number of benzene rings is 2. The molecule has 0 radical (unpaired) electrons. The number of rotatable bonds is 5. The lowest BCUT2D eigenvalue weighted by Gasteiger charge is -2.25. The summed E-state index contributed by atoms with van der Waals surface area (Å²) in [6, 6.07) is 12.5. The van der Waals surface area contributed by atoms with Crippen molar-refractivity contribution >= 4 is 75.6 Å². The zero-order valence-corrected chi connectivity index (χ0v) is 20.3. The van der Waals surface area contributed by atoms with Gasteiger partial charge in [0.1, 0.15) is 6.61 Å². The molecule has 0 unspecified atom stereocenters. The molecule has 0 saturated heterocycles. The van der Waals surface area contributed by atoms with Crippen LogP contribution >= 0.6 is 47.0 Å². The van der Waals surface area contributed by atoms with Crippen molar-refractivity contribution in [2.45, 2.75) is 0 Å². The molecule has 0 saturated carbocycles. The minimum absolute atomic E-state index is 0.0704. The lowest BCUT2D eigenvalue weighted by atomic mass is 10.1. The number of aromatic nitrogens is 1. The van der Waals surface area contributed by atoms with Crippen LogP contribution in [0.1, 0.15) is 31.1 Å². The Hall–Kier alpha value is -3.04. The molecule has 11 heteroatoms. The third-order valence-electron chi connectivity index (χ3n) is 4.92. The minimum atomic E-state index is -0.593. The van der Waals surface area contributed by atoms with E-state index in [-0.39, 0.29) is 44.6 Å². The van der Waals surface area contributed by atoms with Crippen molar-refractivity contribution in [3.63, 3.8) is 0 Å². The molecule has 0 spiro atoms. The highest BCUT2D eigenvalue weighted by molar-refractivity contribution is 7.80.